The minimum atomic E-state index is -3.73. The zero-order valence-corrected chi connectivity index (χ0v) is 19.9. The van der Waals surface area contributed by atoms with Crippen molar-refractivity contribution in [3.05, 3.63) is 29.1 Å². The Bertz CT molecular complexity index is 1120. The summed E-state index contributed by atoms with van der Waals surface area (Å²) in [5.74, 6) is -1.48. The van der Waals surface area contributed by atoms with Crippen molar-refractivity contribution in [2.45, 2.75) is 63.3 Å². The van der Waals surface area contributed by atoms with Crippen molar-refractivity contribution in [3.63, 3.8) is 0 Å². The Balaban J connectivity index is 1.26. The molecule has 0 spiro atoms. The first-order valence-corrected chi connectivity index (χ1v) is 14.1. The van der Waals surface area contributed by atoms with Crippen LogP contribution in [-0.2, 0) is 14.6 Å². The number of rotatable bonds is 6. The van der Waals surface area contributed by atoms with E-state index in [1.165, 1.54) is 50.7 Å². The molecule has 4 bridgehead atoms. The van der Waals surface area contributed by atoms with Gasteiger partial charge in [0, 0.05) is 11.5 Å². The van der Waals surface area contributed by atoms with Crippen LogP contribution in [0.2, 0.25) is 0 Å². The molecular formula is C25H30FNO6S. The van der Waals surface area contributed by atoms with Gasteiger partial charge in [0.25, 0.3) is 5.91 Å². The molecule has 6 fully saturated rings. The van der Waals surface area contributed by atoms with Crippen LogP contribution < -0.4 is 4.74 Å². The van der Waals surface area contributed by atoms with E-state index >= 15 is 4.39 Å². The molecule has 6 aliphatic rings. The Kier molecular flexibility index (Phi) is 5.03. The van der Waals surface area contributed by atoms with Crippen molar-refractivity contribution in [1.29, 1.82) is 0 Å². The molecule has 1 saturated heterocycles. The summed E-state index contributed by atoms with van der Waals surface area (Å²) >= 11 is 0. The van der Waals surface area contributed by atoms with E-state index < -0.39 is 45.2 Å². The standard InChI is InChI=1S/C25H30FNO6S/c26-20-7-22(33-12-25-8-14-3-15(9-25)5-16(4-14)10-25)18(17-1-2-17)6-19(20)23(28)27-13-34(31,32)11-21(27)24(29)30/h6-7,14-17,21H,1-5,8-13H2,(H,29,30)/t14?,15?,16?,21-,25?/m0/s1. The van der Waals surface area contributed by atoms with Crippen LogP contribution >= 0.6 is 0 Å². The second-order valence-electron chi connectivity index (χ2n) is 11.5. The number of sulfone groups is 1. The van der Waals surface area contributed by atoms with Crippen molar-refractivity contribution in [2.24, 2.45) is 23.2 Å². The quantitative estimate of drug-likeness (QED) is 0.653. The molecule has 0 aromatic heterocycles. The van der Waals surface area contributed by atoms with E-state index in [9.17, 15) is 23.1 Å². The van der Waals surface area contributed by atoms with E-state index in [0.717, 1.165) is 41.1 Å². The summed E-state index contributed by atoms with van der Waals surface area (Å²) in [5, 5.41) is 9.39. The van der Waals surface area contributed by atoms with Gasteiger partial charge in [-0.2, -0.15) is 0 Å². The Hall–Kier alpha value is -2.16. The van der Waals surface area contributed by atoms with Crippen LogP contribution in [0.4, 0.5) is 4.39 Å². The molecule has 34 heavy (non-hydrogen) atoms. The molecular weight excluding hydrogens is 461 g/mol. The minimum Gasteiger partial charge on any atom is -0.493 e. The zero-order chi connectivity index (χ0) is 23.8. The van der Waals surface area contributed by atoms with Gasteiger partial charge in [0.1, 0.15) is 23.5 Å². The topological polar surface area (TPSA) is 101 Å². The number of amides is 1. The van der Waals surface area contributed by atoms with Gasteiger partial charge in [-0.05, 0) is 86.7 Å². The van der Waals surface area contributed by atoms with Crippen LogP contribution in [0.1, 0.15) is 73.2 Å². The highest BCUT2D eigenvalue weighted by atomic mass is 32.2. The lowest BCUT2D eigenvalue weighted by molar-refractivity contribution is -0.140. The lowest BCUT2D eigenvalue weighted by Gasteiger charge is -2.56. The van der Waals surface area contributed by atoms with Gasteiger partial charge in [-0.3, -0.25) is 4.79 Å². The number of aliphatic carboxylic acids is 1. The van der Waals surface area contributed by atoms with Gasteiger partial charge >= 0.3 is 5.97 Å². The van der Waals surface area contributed by atoms with Gasteiger partial charge in [-0.25, -0.2) is 17.6 Å². The summed E-state index contributed by atoms with van der Waals surface area (Å²) in [4.78, 5) is 25.4. The third-order valence-electron chi connectivity index (χ3n) is 8.72. The summed E-state index contributed by atoms with van der Waals surface area (Å²) in [6.45, 7) is 0.564. The molecule has 0 unspecified atom stereocenters. The maximum atomic E-state index is 15.2. The van der Waals surface area contributed by atoms with Crippen LogP contribution in [0.3, 0.4) is 0 Å². The number of hydrogen-bond acceptors (Lipinski definition) is 5. The second-order valence-corrected chi connectivity index (χ2v) is 13.6. The SMILES string of the molecule is O=C(O)[C@@H]1CS(=O)(=O)CN1C(=O)c1cc(C2CC2)c(OCC23CC4CC(CC(C4)C2)C3)cc1F. The predicted molar refractivity (Wildman–Crippen MR) is 121 cm³/mol. The molecule has 1 atom stereocenters. The summed E-state index contributed by atoms with van der Waals surface area (Å²) in [6, 6.07) is 1.21. The normalized spacial score (nSPS) is 35.5. The highest BCUT2D eigenvalue weighted by Gasteiger charge is 2.51. The van der Waals surface area contributed by atoms with E-state index in [2.05, 4.69) is 0 Å². The lowest BCUT2D eigenvalue weighted by Crippen LogP contribution is -2.48. The van der Waals surface area contributed by atoms with E-state index in [-0.39, 0.29) is 16.9 Å². The first-order valence-electron chi connectivity index (χ1n) is 12.3. The Morgan fingerprint density at radius 2 is 1.71 bits per heavy atom. The third kappa shape index (κ3) is 3.89. The molecule has 7 rings (SSSR count). The lowest BCUT2D eigenvalue weighted by atomic mass is 9.50. The Morgan fingerprint density at radius 3 is 2.26 bits per heavy atom. The van der Waals surface area contributed by atoms with Crippen LogP contribution in [0, 0.1) is 29.0 Å². The van der Waals surface area contributed by atoms with E-state index in [1.807, 2.05) is 0 Å². The highest BCUT2D eigenvalue weighted by molar-refractivity contribution is 7.91. The molecule has 9 heteroatoms. The summed E-state index contributed by atoms with van der Waals surface area (Å²) in [7, 11) is -3.73. The molecule has 5 aliphatic carbocycles. The number of carbonyl (C=O) groups excluding carboxylic acids is 1. The van der Waals surface area contributed by atoms with Gasteiger partial charge in [-0.1, -0.05) is 0 Å². The predicted octanol–water partition coefficient (Wildman–Crippen LogP) is 3.58. The molecule has 1 N–H and O–H groups in total. The van der Waals surface area contributed by atoms with Crippen molar-refractivity contribution >= 4 is 21.7 Å². The van der Waals surface area contributed by atoms with Gasteiger partial charge in [0.05, 0.1) is 17.9 Å². The molecule has 0 radical (unpaired) electrons. The first kappa shape index (κ1) is 22.3. The number of nitrogens with zero attached hydrogens (tertiary/aromatic N) is 1. The molecule has 184 valence electrons. The zero-order valence-electron chi connectivity index (χ0n) is 19.0. The van der Waals surface area contributed by atoms with Crippen molar-refractivity contribution in [3.8, 4) is 5.75 Å². The third-order valence-corrected chi connectivity index (χ3v) is 10.2. The molecule has 1 heterocycles. The molecule has 1 amide bonds. The number of halogens is 1. The maximum Gasteiger partial charge on any atom is 0.327 e. The van der Waals surface area contributed by atoms with Crippen molar-refractivity contribution < 1.29 is 32.2 Å². The molecule has 1 aromatic carbocycles. The maximum absolute atomic E-state index is 15.2. The second kappa shape index (κ2) is 7.67. The van der Waals surface area contributed by atoms with Crippen LogP contribution in [0.15, 0.2) is 12.1 Å². The Labute approximate surface area is 198 Å². The molecule has 7 nitrogen and oxygen atoms in total. The summed E-state index contributed by atoms with van der Waals surface area (Å²) in [6.07, 6.45) is 9.38. The number of ether oxygens (including phenoxy) is 1. The smallest absolute Gasteiger partial charge is 0.327 e. The average molecular weight is 492 g/mol. The van der Waals surface area contributed by atoms with Gasteiger partial charge in [0.15, 0.2) is 9.84 Å². The highest BCUT2D eigenvalue weighted by Crippen LogP contribution is 2.60. The van der Waals surface area contributed by atoms with Crippen LogP contribution in [-0.4, -0.2) is 54.6 Å². The van der Waals surface area contributed by atoms with Crippen molar-refractivity contribution in [2.75, 3.05) is 18.2 Å². The number of carboxylic acids is 1. The van der Waals surface area contributed by atoms with E-state index in [1.54, 1.807) is 0 Å². The number of hydrogen-bond donors (Lipinski definition) is 1. The minimum absolute atomic E-state index is 0.166. The number of carbonyl (C=O) groups is 2. The summed E-state index contributed by atoms with van der Waals surface area (Å²) in [5.41, 5.74) is 0.648. The average Bonchev–Trinajstić information content (AvgIpc) is 3.53. The molecule has 1 aromatic rings. The Morgan fingerprint density at radius 1 is 1.09 bits per heavy atom. The van der Waals surface area contributed by atoms with Crippen molar-refractivity contribution in [1.82, 2.24) is 4.90 Å². The fourth-order valence-corrected chi connectivity index (χ4v) is 9.15. The largest absolute Gasteiger partial charge is 0.493 e. The molecule has 5 saturated carbocycles. The monoisotopic (exact) mass is 491 g/mol. The van der Waals surface area contributed by atoms with Crippen LogP contribution in [0.25, 0.3) is 0 Å². The number of carboxylic acid groups (broad SMARTS) is 1. The molecule has 1 aliphatic heterocycles. The van der Waals surface area contributed by atoms with E-state index in [0.29, 0.717) is 12.4 Å². The van der Waals surface area contributed by atoms with Gasteiger partial charge in [-0.15, -0.1) is 0 Å². The van der Waals surface area contributed by atoms with E-state index in [4.69, 9.17) is 4.74 Å². The van der Waals surface area contributed by atoms with Crippen LogP contribution in [0.5, 0.6) is 5.75 Å². The number of benzene rings is 1. The summed E-state index contributed by atoms with van der Waals surface area (Å²) < 4.78 is 45.5. The van der Waals surface area contributed by atoms with Gasteiger partial charge < -0.3 is 14.7 Å². The fraction of sp³-hybridized carbons (Fsp3) is 0.680. The first-order chi connectivity index (χ1) is 16.1. The van der Waals surface area contributed by atoms with Gasteiger partial charge in [0.2, 0.25) is 0 Å². The fourth-order valence-electron chi connectivity index (χ4n) is 7.52.